The van der Waals surface area contributed by atoms with E-state index in [1.165, 1.54) is 0 Å². The number of piperidine rings is 1. The molecule has 2 heterocycles. The number of nitrogens with zero attached hydrogens (tertiary/aromatic N) is 1. The zero-order chi connectivity index (χ0) is 18.3. The van der Waals surface area contributed by atoms with E-state index in [1.54, 1.807) is 0 Å². The fraction of sp³-hybridized carbons (Fsp3) is 0.647. The molecule has 1 N–H and O–H groups in total. The van der Waals surface area contributed by atoms with Gasteiger partial charge in [0.1, 0.15) is 0 Å². The van der Waals surface area contributed by atoms with Crippen LogP contribution in [-0.2, 0) is 18.9 Å². The second-order valence-corrected chi connectivity index (χ2v) is 7.16. The van der Waals surface area contributed by atoms with Crippen LogP contribution in [0.2, 0.25) is 0 Å². The van der Waals surface area contributed by atoms with Crippen LogP contribution in [0.3, 0.4) is 0 Å². The highest BCUT2D eigenvalue weighted by molar-refractivity contribution is 5.33. The maximum atomic E-state index is 12.9. The van der Waals surface area contributed by atoms with Gasteiger partial charge in [-0.15, -0.1) is 0 Å². The Labute approximate surface area is 142 Å². The third-order valence-corrected chi connectivity index (χ3v) is 5.13. The van der Waals surface area contributed by atoms with Crippen molar-refractivity contribution in [2.75, 3.05) is 26.2 Å². The van der Waals surface area contributed by atoms with E-state index in [9.17, 15) is 26.3 Å². The molecule has 25 heavy (non-hydrogen) atoms. The Hall–Kier alpha value is -1.28. The summed E-state index contributed by atoms with van der Waals surface area (Å²) in [4.78, 5) is 1.96. The van der Waals surface area contributed by atoms with Gasteiger partial charge in [-0.25, -0.2) is 0 Å². The first-order chi connectivity index (χ1) is 11.6. The van der Waals surface area contributed by atoms with Gasteiger partial charge >= 0.3 is 12.4 Å². The Morgan fingerprint density at radius 1 is 0.960 bits per heavy atom. The molecule has 0 aliphatic carbocycles. The average Bonchev–Trinajstić information content (AvgIpc) is 2.88. The lowest BCUT2D eigenvalue weighted by atomic mass is 9.80. The fourth-order valence-corrected chi connectivity index (χ4v) is 3.91. The molecule has 140 valence electrons. The van der Waals surface area contributed by atoms with Gasteiger partial charge in [-0.1, -0.05) is 0 Å². The minimum absolute atomic E-state index is 0.0583. The molecule has 8 heteroatoms. The molecule has 2 aliphatic heterocycles. The molecule has 0 bridgehead atoms. The van der Waals surface area contributed by atoms with Gasteiger partial charge in [-0.05, 0) is 61.5 Å². The number of benzene rings is 1. The van der Waals surface area contributed by atoms with Crippen LogP contribution < -0.4 is 5.32 Å². The van der Waals surface area contributed by atoms with Crippen molar-refractivity contribution in [2.24, 2.45) is 5.41 Å². The number of halogens is 6. The molecular weight excluding hydrogens is 346 g/mol. The topological polar surface area (TPSA) is 15.3 Å². The maximum absolute atomic E-state index is 12.9. The highest BCUT2D eigenvalue weighted by atomic mass is 19.4. The van der Waals surface area contributed by atoms with Crippen molar-refractivity contribution in [2.45, 2.75) is 38.2 Å². The second-order valence-electron chi connectivity index (χ2n) is 7.16. The summed E-state index contributed by atoms with van der Waals surface area (Å²) in [5.74, 6) is 0. The van der Waals surface area contributed by atoms with E-state index in [0.29, 0.717) is 13.1 Å². The van der Waals surface area contributed by atoms with Gasteiger partial charge in [-0.2, -0.15) is 26.3 Å². The summed E-state index contributed by atoms with van der Waals surface area (Å²) in [5, 5.41) is 3.34. The van der Waals surface area contributed by atoms with Crippen molar-refractivity contribution in [3.05, 3.63) is 34.9 Å². The Morgan fingerprint density at radius 3 is 2.12 bits per heavy atom. The molecule has 2 saturated heterocycles. The van der Waals surface area contributed by atoms with E-state index < -0.39 is 23.5 Å². The van der Waals surface area contributed by atoms with Crippen LogP contribution in [0.4, 0.5) is 26.3 Å². The van der Waals surface area contributed by atoms with Gasteiger partial charge < -0.3 is 5.32 Å². The molecule has 1 aromatic carbocycles. The van der Waals surface area contributed by atoms with Crippen LogP contribution in [0.1, 0.15) is 36.0 Å². The van der Waals surface area contributed by atoms with Gasteiger partial charge in [0.05, 0.1) is 11.1 Å². The fourth-order valence-electron chi connectivity index (χ4n) is 3.91. The molecule has 2 nitrogen and oxygen atoms in total. The third-order valence-electron chi connectivity index (χ3n) is 5.13. The molecule has 2 fully saturated rings. The normalized spacial score (nSPS) is 25.7. The number of hydrogen-bond acceptors (Lipinski definition) is 2. The minimum atomic E-state index is -4.80. The Balaban J connectivity index is 1.80. The number of rotatable bonds is 2. The highest BCUT2D eigenvalue weighted by Gasteiger charge is 2.40. The van der Waals surface area contributed by atoms with Gasteiger partial charge in [0.2, 0.25) is 0 Å². The molecule has 2 aliphatic rings. The van der Waals surface area contributed by atoms with Crippen LogP contribution >= 0.6 is 0 Å². The van der Waals surface area contributed by atoms with Crippen molar-refractivity contribution in [1.29, 1.82) is 0 Å². The van der Waals surface area contributed by atoms with Crippen molar-refractivity contribution in [3.8, 4) is 0 Å². The minimum Gasteiger partial charge on any atom is -0.316 e. The lowest BCUT2D eigenvalue weighted by molar-refractivity contribution is -0.143. The van der Waals surface area contributed by atoms with E-state index in [2.05, 4.69) is 5.32 Å². The molecule has 0 amide bonds. The van der Waals surface area contributed by atoms with E-state index in [-0.39, 0.29) is 23.6 Å². The van der Waals surface area contributed by atoms with E-state index in [4.69, 9.17) is 0 Å². The largest absolute Gasteiger partial charge is 0.416 e. The van der Waals surface area contributed by atoms with Gasteiger partial charge in [0, 0.05) is 19.6 Å². The van der Waals surface area contributed by atoms with E-state index in [0.717, 1.165) is 44.5 Å². The first-order valence-corrected chi connectivity index (χ1v) is 8.29. The van der Waals surface area contributed by atoms with Crippen LogP contribution in [0.25, 0.3) is 0 Å². The predicted octanol–water partition coefficient (Wildman–Crippen LogP) is 4.30. The molecule has 1 atom stereocenters. The van der Waals surface area contributed by atoms with E-state index in [1.807, 2.05) is 4.90 Å². The van der Waals surface area contributed by atoms with Gasteiger partial charge in [0.25, 0.3) is 0 Å². The Morgan fingerprint density at radius 2 is 1.60 bits per heavy atom. The summed E-state index contributed by atoms with van der Waals surface area (Å²) in [6.07, 6.45) is -6.57. The lowest BCUT2D eigenvalue weighted by Crippen LogP contribution is -2.41. The first kappa shape index (κ1) is 18.5. The van der Waals surface area contributed by atoms with Crippen molar-refractivity contribution < 1.29 is 26.3 Å². The summed E-state index contributed by atoms with van der Waals surface area (Å²) in [5.41, 5.74) is -2.33. The highest BCUT2D eigenvalue weighted by Crippen LogP contribution is 2.39. The summed E-state index contributed by atoms with van der Waals surface area (Å²) in [6.45, 7) is 3.33. The molecule has 1 spiro atoms. The van der Waals surface area contributed by atoms with Crippen molar-refractivity contribution in [3.63, 3.8) is 0 Å². The first-order valence-electron chi connectivity index (χ1n) is 8.29. The Bertz CT molecular complexity index is 584. The van der Waals surface area contributed by atoms with Crippen LogP contribution in [0, 0.1) is 5.41 Å². The zero-order valence-electron chi connectivity index (χ0n) is 13.6. The van der Waals surface area contributed by atoms with Crippen LogP contribution in [0.15, 0.2) is 18.2 Å². The third kappa shape index (κ3) is 4.28. The molecule has 1 aromatic rings. The summed E-state index contributed by atoms with van der Waals surface area (Å²) < 4.78 is 77.7. The number of likely N-dealkylation sites (tertiary alicyclic amines) is 1. The second kappa shape index (κ2) is 6.46. The summed E-state index contributed by atoms with van der Waals surface area (Å²) in [6, 6.07) is 1.85. The summed E-state index contributed by atoms with van der Waals surface area (Å²) >= 11 is 0. The molecule has 0 saturated carbocycles. The SMILES string of the molecule is FC(F)(F)c1cc(CN2CC[C@@]3(CCCNC3)C2)cc(C(F)(F)F)c1. The van der Waals surface area contributed by atoms with Crippen molar-refractivity contribution in [1.82, 2.24) is 10.2 Å². The maximum Gasteiger partial charge on any atom is 0.416 e. The average molecular weight is 366 g/mol. The molecular formula is C17H20F6N2. The quantitative estimate of drug-likeness (QED) is 0.785. The monoisotopic (exact) mass is 366 g/mol. The molecule has 0 unspecified atom stereocenters. The zero-order valence-corrected chi connectivity index (χ0v) is 13.6. The molecule has 0 radical (unpaired) electrons. The lowest BCUT2D eigenvalue weighted by Gasteiger charge is -2.34. The predicted molar refractivity (Wildman–Crippen MR) is 80.9 cm³/mol. The van der Waals surface area contributed by atoms with Gasteiger partial charge in [-0.3, -0.25) is 4.90 Å². The molecule has 3 rings (SSSR count). The van der Waals surface area contributed by atoms with Crippen LogP contribution in [-0.4, -0.2) is 31.1 Å². The molecule has 0 aromatic heterocycles. The Kier molecular flexibility index (Phi) is 4.79. The number of nitrogens with one attached hydrogen (secondary N) is 1. The number of hydrogen-bond donors (Lipinski definition) is 1. The summed E-state index contributed by atoms with van der Waals surface area (Å²) in [7, 11) is 0. The van der Waals surface area contributed by atoms with Crippen LogP contribution in [0.5, 0.6) is 0 Å². The number of alkyl halides is 6. The van der Waals surface area contributed by atoms with Crippen molar-refractivity contribution >= 4 is 0 Å². The standard InChI is InChI=1S/C17H20F6N2/c18-16(19,20)13-6-12(7-14(8-13)17(21,22)23)9-25-5-3-15(11-25)2-1-4-24-10-15/h6-8,24H,1-5,9-11H2/t15-/m1/s1. The van der Waals surface area contributed by atoms with Gasteiger partial charge in [0.15, 0.2) is 0 Å². The van der Waals surface area contributed by atoms with E-state index >= 15 is 0 Å². The smallest absolute Gasteiger partial charge is 0.316 e.